The molecule has 1 aromatic heterocycles. The molecular weight excluding hydrogens is 341 g/mol. The maximum absolute atomic E-state index is 13.2. The molecule has 0 aliphatic carbocycles. The lowest BCUT2D eigenvalue weighted by molar-refractivity contribution is 0.0951. The first kappa shape index (κ1) is 16.9. The fourth-order valence-corrected chi connectivity index (χ4v) is 2.37. The molecule has 0 spiro atoms. The van der Waals surface area contributed by atoms with Gasteiger partial charge < -0.3 is 10.6 Å². The lowest BCUT2D eigenvalue weighted by Gasteiger charge is -2.09. The molecule has 25 heavy (non-hydrogen) atoms. The molecule has 1 amide bonds. The third kappa shape index (κ3) is 4.78. The van der Waals surface area contributed by atoms with Crippen molar-refractivity contribution in [3.63, 3.8) is 0 Å². The van der Waals surface area contributed by atoms with Crippen LogP contribution < -0.4 is 10.6 Å². The molecule has 2 N–H and O–H groups in total. The highest BCUT2D eigenvalue weighted by Crippen LogP contribution is 2.16. The van der Waals surface area contributed by atoms with E-state index in [0.717, 1.165) is 5.56 Å². The van der Waals surface area contributed by atoms with Crippen molar-refractivity contribution < 1.29 is 9.18 Å². The summed E-state index contributed by atoms with van der Waals surface area (Å²) in [6.07, 6.45) is 1.53. The van der Waals surface area contributed by atoms with Gasteiger partial charge in [0.15, 0.2) is 0 Å². The second-order valence-electron chi connectivity index (χ2n) is 5.37. The molecule has 2 aromatic carbocycles. The van der Waals surface area contributed by atoms with Gasteiger partial charge in [-0.25, -0.2) is 9.37 Å². The van der Waals surface area contributed by atoms with E-state index < -0.39 is 0 Å². The monoisotopic (exact) mass is 355 g/mol. The SMILES string of the molecule is O=C(NCc1ccc(Cl)cc1)c1ccnc(Nc2cccc(F)c2)c1. The number of nitrogens with zero attached hydrogens (tertiary/aromatic N) is 1. The van der Waals surface area contributed by atoms with Crippen LogP contribution in [0, 0.1) is 5.82 Å². The molecule has 0 fully saturated rings. The normalized spacial score (nSPS) is 10.3. The van der Waals surface area contributed by atoms with E-state index in [9.17, 15) is 9.18 Å². The Morgan fingerprint density at radius 1 is 1.08 bits per heavy atom. The van der Waals surface area contributed by atoms with Crippen LogP contribution in [0.1, 0.15) is 15.9 Å². The number of pyridine rings is 1. The van der Waals surface area contributed by atoms with Crippen molar-refractivity contribution in [3.05, 3.63) is 88.8 Å². The van der Waals surface area contributed by atoms with E-state index in [1.54, 1.807) is 36.4 Å². The number of carbonyl (C=O) groups is 1. The van der Waals surface area contributed by atoms with Crippen LogP contribution in [0.4, 0.5) is 15.9 Å². The molecule has 0 unspecified atom stereocenters. The van der Waals surface area contributed by atoms with Crippen molar-refractivity contribution in [1.29, 1.82) is 0 Å². The first-order valence-corrected chi connectivity index (χ1v) is 7.99. The molecule has 6 heteroatoms. The average Bonchev–Trinajstić information content (AvgIpc) is 2.61. The second kappa shape index (κ2) is 7.77. The third-order valence-electron chi connectivity index (χ3n) is 3.49. The molecule has 3 rings (SSSR count). The minimum absolute atomic E-state index is 0.223. The maximum Gasteiger partial charge on any atom is 0.251 e. The molecule has 3 aromatic rings. The van der Waals surface area contributed by atoms with Crippen molar-refractivity contribution in [2.45, 2.75) is 6.54 Å². The number of nitrogens with one attached hydrogen (secondary N) is 2. The standard InChI is InChI=1S/C19H15ClFN3O/c20-15-6-4-13(5-7-15)12-23-19(25)14-8-9-22-18(10-14)24-17-3-1-2-16(21)11-17/h1-11H,12H2,(H,22,24)(H,23,25). The fourth-order valence-electron chi connectivity index (χ4n) is 2.24. The van der Waals surface area contributed by atoms with E-state index >= 15 is 0 Å². The van der Waals surface area contributed by atoms with Gasteiger partial charge in [0.2, 0.25) is 0 Å². The Bertz CT molecular complexity index is 884. The van der Waals surface area contributed by atoms with Crippen LogP contribution >= 0.6 is 11.6 Å². The Labute approximate surface area is 149 Å². The van der Waals surface area contributed by atoms with Crippen molar-refractivity contribution in [1.82, 2.24) is 10.3 Å². The van der Waals surface area contributed by atoms with Gasteiger partial charge in [-0.05, 0) is 48.0 Å². The highest BCUT2D eigenvalue weighted by Gasteiger charge is 2.07. The van der Waals surface area contributed by atoms with Crippen LogP contribution in [-0.2, 0) is 6.54 Å². The molecule has 0 saturated heterocycles. The number of anilines is 2. The second-order valence-corrected chi connectivity index (χ2v) is 5.81. The zero-order valence-corrected chi connectivity index (χ0v) is 13.9. The van der Waals surface area contributed by atoms with Crippen LogP contribution in [-0.4, -0.2) is 10.9 Å². The van der Waals surface area contributed by atoms with Gasteiger partial charge in [-0.15, -0.1) is 0 Å². The van der Waals surface area contributed by atoms with Gasteiger partial charge in [-0.3, -0.25) is 4.79 Å². The number of benzene rings is 2. The molecule has 1 heterocycles. The van der Waals surface area contributed by atoms with Crippen LogP contribution in [0.3, 0.4) is 0 Å². The number of rotatable bonds is 5. The van der Waals surface area contributed by atoms with Crippen LogP contribution in [0.2, 0.25) is 5.02 Å². The number of amides is 1. The molecule has 0 radical (unpaired) electrons. The Balaban J connectivity index is 1.65. The van der Waals surface area contributed by atoms with Gasteiger partial charge in [-0.2, -0.15) is 0 Å². The van der Waals surface area contributed by atoms with Gasteiger partial charge in [0.1, 0.15) is 11.6 Å². The predicted octanol–water partition coefficient (Wildman–Crippen LogP) is 4.55. The summed E-state index contributed by atoms with van der Waals surface area (Å²) in [4.78, 5) is 16.4. The Kier molecular flexibility index (Phi) is 5.26. The van der Waals surface area contributed by atoms with E-state index in [1.807, 2.05) is 12.1 Å². The fraction of sp³-hybridized carbons (Fsp3) is 0.0526. The Hall–Kier alpha value is -2.92. The minimum atomic E-state index is -0.345. The van der Waals surface area contributed by atoms with Crippen LogP contribution in [0.5, 0.6) is 0 Å². The first-order valence-electron chi connectivity index (χ1n) is 7.61. The van der Waals surface area contributed by atoms with Gasteiger partial charge in [0.05, 0.1) is 0 Å². The van der Waals surface area contributed by atoms with Gasteiger partial charge >= 0.3 is 0 Å². The maximum atomic E-state index is 13.2. The molecule has 0 aliphatic rings. The number of hydrogen-bond acceptors (Lipinski definition) is 3. The summed E-state index contributed by atoms with van der Waals surface area (Å²) >= 11 is 5.84. The van der Waals surface area contributed by atoms with Gasteiger partial charge in [0, 0.05) is 29.0 Å². The van der Waals surface area contributed by atoms with Crippen LogP contribution in [0.15, 0.2) is 66.9 Å². The molecule has 0 atom stereocenters. The van der Waals surface area contributed by atoms with E-state index in [0.29, 0.717) is 28.6 Å². The minimum Gasteiger partial charge on any atom is -0.348 e. The zero-order valence-electron chi connectivity index (χ0n) is 13.2. The van der Waals surface area contributed by atoms with Crippen LogP contribution in [0.25, 0.3) is 0 Å². The highest BCUT2D eigenvalue weighted by molar-refractivity contribution is 6.30. The quantitative estimate of drug-likeness (QED) is 0.706. The average molecular weight is 356 g/mol. The van der Waals surface area contributed by atoms with Crippen molar-refractivity contribution >= 4 is 29.0 Å². The molecule has 0 aliphatic heterocycles. The van der Waals surface area contributed by atoms with Crippen molar-refractivity contribution in [3.8, 4) is 0 Å². The lowest BCUT2D eigenvalue weighted by atomic mass is 10.2. The Morgan fingerprint density at radius 2 is 1.88 bits per heavy atom. The highest BCUT2D eigenvalue weighted by atomic mass is 35.5. The van der Waals surface area contributed by atoms with E-state index in [4.69, 9.17) is 11.6 Å². The van der Waals surface area contributed by atoms with Crippen molar-refractivity contribution in [2.24, 2.45) is 0 Å². The van der Waals surface area contributed by atoms with Crippen molar-refractivity contribution in [2.75, 3.05) is 5.32 Å². The Morgan fingerprint density at radius 3 is 2.64 bits per heavy atom. The number of aromatic nitrogens is 1. The topological polar surface area (TPSA) is 54.0 Å². The van der Waals surface area contributed by atoms with Gasteiger partial charge in [0.25, 0.3) is 5.91 Å². The lowest BCUT2D eigenvalue weighted by Crippen LogP contribution is -2.22. The summed E-state index contributed by atoms with van der Waals surface area (Å²) in [5, 5.41) is 6.46. The van der Waals surface area contributed by atoms with E-state index in [2.05, 4.69) is 15.6 Å². The smallest absolute Gasteiger partial charge is 0.251 e. The molecule has 0 saturated carbocycles. The van der Waals surface area contributed by atoms with E-state index in [1.165, 1.54) is 18.3 Å². The summed E-state index contributed by atoms with van der Waals surface area (Å²) in [7, 11) is 0. The zero-order chi connectivity index (χ0) is 17.6. The predicted molar refractivity (Wildman–Crippen MR) is 96.5 cm³/mol. The van der Waals surface area contributed by atoms with Gasteiger partial charge in [-0.1, -0.05) is 29.8 Å². The number of hydrogen-bond donors (Lipinski definition) is 2. The molecular formula is C19H15ClFN3O. The summed E-state index contributed by atoms with van der Waals surface area (Å²) in [6, 6.07) is 16.5. The summed E-state index contributed by atoms with van der Waals surface area (Å²) in [5.74, 6) is -0.105. The first-order chi connectivity index (χ1) is 12.1. The number of halogens is 2. The molecule has 0 bridgehead atoms. The summed E-state index contributed by atoms with van der Waals surface area (Å²) in [6.45, 7) is 0.394. The molecule has 4 nitrogen and oxygen atoms in total. The number of carbonyl (C=O) groups excluding carboxylic acids is 1. The van der Waals surface area contributed by atoms with E-state index in [-0.39, 0.29) is 11.7 Å². The third-order valence-corrected chi connectivity index (χ3v) is 3.74. The summed E-state index contributed by atoms with van der Waals surface area (Å²) < 4.78 is 13.2. The molecule has 126 valence electrons. The largest absolute Gasteiger partial charge is 0.348 e. The summed E-state index contributed by atoms with van der Waals surface area (Å²) in [5.41, 5.74) is 1.97.